The Balaban J connectivity index is 1.38. The molecule has 1 aromatic carbocycles. The van der Waals surface area contributed by atoms with E-state index in [0.29, 0.717) is 38.8 Å². The van der Waals surface area contributed by atoms with Crippen LogP contribution in [-0.2, 0) is 0 Å². The number of aromatic nitrogens is 3. The van der Waals surface area contributed by atoms with Gasteiger partial charge in [0, 0.05) is 58.3 Å². The second-order valence-electron chi connectivity index (χ2n) is 9.07. The fourth-order valence-electron chi connectivity index (χ4n) is 4.74. The minimum Gasteiger partial charge on any atom is -0.497 e. The third-order valence-electron chi connectivity index (χ3n) is 6.70. The molecular formula is C27H26ClN5O4. The number of carboxylic acid groups (broad SMARTS) is 1. The lowest BCUT2D eigenvalue weighted by Gasteiger charge is -2.29. The lowest BCUT2D eigenvalue weighted by molar-refractivity contribution is 0.104. The highest BCUT2D eigenvalue weighted by molar-refractivity contribution is 6.33. The molecule has 0 aliphatic heterocycles. The number of ketones is 1. The van der Waals surface area contributed by atoms with Gasteiger partial charge in [-0.1, -0.05) is 11.6 Å². The van der Waals surface area contributed by atoms with Crippen molar-refractivity contribution in [3.8, 4) is 16.9 Å². The van der Waals surface area contributed by atoms with Crippen LogP contribution in [0.3, 0.4) is 0 Å². The van der Waals surface area contributed by atoms with E-state index in [9.17, 15) is 9.59 Å². The SMILES string of the molecule is COc1ccc(C(=O)c2c[nH]c3ncc(-c4cc(NC5CCC(NC(=O)O)CC5)ncc4Cl)cc23)cc1. The summed E-state index contributed by atoms with van der Waals surface area (Å²) in [6, 6.07) is 10.9. The maximum atomic E-state index is 13.2. The van der Waals surface area contributed by atoms with Gasteiger partial charge in [-0.05, 0) is 62.1 Å². The van der Waals surface area contributed by atoms with Crippen molar-refractivity contribution in [1.29, 1.82) is 0 Å². The first-order valence-electron chi connectivity index (χ1n) is 12.0. The standard InChI is InChI=1S/C27H26ClN5O4/c1-37-19-8-2-15(3-9-19)25(34)22-13-31-26-21(22)10-16(12-30-26)20-11-24(29-14-23(20)28)32-17-4-6-18(7-5-17)33-27(35)36/h2-3,8-14,17-18,33H,4-7H2,1H3,(H,29,32)(H,30,31)(H,35,36). The molecule has 10 heteroatoms. The molecule has 0 saturated heterocycles. The molecule has 0 unspecified atom stereocenters. The van der Waals surface area contributed by atoms with E-state index in [-0.39, 0.29) is 17.9 Å². The van der Waals surface area contributed by atoms with E-state index in [1.807, 2.05) is 12.1 Å². The molecule has 0 bridgehead atoms. The number of fused-ring (bicyclic) bond motifs is 1. The molecule has 9 nitrogen and oxygen atoms in total. The highest BCUT2D eigenvalue weighted by Gasteiger charge is 2.23. The van der Waals surface area contributed by atoms with Crippen molar-refractivity contribution in [3.05, 3.63) is 71.1 Å². The smallest absolute Gasteiger partial charge is 0.404 e. The van der Waals surface area contributed by atoms with Crippen molar-refractivity contribution in [2.45, 2.75) is 37.8 Å². The fourth-order valence-corrected chi connectivity index (χ4v) is 4.95. The number of pyridine rings is 2. The van der Waals surface area contributed by atoms with Crippen LogP contribution >= 0.6 is 11.6 Å². The van der Waals surface area contributed by atoms with Gasteiger partial charge >= 0.3 is 6.09 Å². The number of methoxy groups -OCH3 is 1. The molecule has 4 aromatic rings. The van der Waals surface area contributed by atoms with Gasteiger partial charge in [0.05, 0.1) is 12.1 Å². The number of H-pyrrole nitrogens is 1. The van der Waals surface area contributed by atoms with Crippen LogP contribution in [0.2, 0.25) is 5.02 Å². The van der Waals surface area contributed by atoms with Crippen LogP contribution in [-0.4, -0.2) is 51.1 Å². The van der Waals surface area contributed by atoms with E-state index in [1.54, 1.807) is 50.0 Å². The van der Waals surface area contributed by atoms with Gasteiger partial charge in [-0.3, -0.25) is 4.79 Å². The summed E-state index contributed by atoms with van der Waals surface area (Å²) in [7, 11) is 1.58. The zero-order valence-corrected chi connectivity index (χ0v) is 20.9. The Labute approximate surface area is 218 Å². The first-order valence-corrected chi connectivity index (χ1v) is 12.4. The summed E-state index contributed by atoms with van der Waals surface area (Å²) in [6.45, 7) is 0. The second kappa shape index (κ2) is 10.5. The molecular weight excluding hydrogens is 494 g/mol. The van der Waals surface area contributed by atoms with Crippen molar-refractivity contribution >= 4 is 40.3 Å². The molecule has 3 heterocycles. The third kappa shape index (κ3) is 5.36. The van der Waals surface area contributed by atoms with E-state index in [2.05, 4.69) is 25.6 Å². The molecule has 1 saturated carbocycles. The van der Waals surface area contributed by atoms with Crippen molar-refractivity contribution in [2.24, 2.45) is 0 Å². The van der Waals surface area contributed by atoms with Gasteiger partial charge in [0.2, 0.25) is 0 Å². The largest absolute Gasteiger partial charge is 0.497 e. The number of rotatable bonds is 7. The number of amides is 1. The quantitative estimate of drug-likeness (QED) is 0.237. The summed E-state index contributed by atoms with van der Waals surface area (Å²) >= 11 is 6.52. The normalized spacial score (nSPS) is 17.4. The number of hydrogen-bond donors (Lipinski definition) is 4. The minimum absolute atomic E-state index is 0.0155. The van der Waals surface area contributed by atoms with Crippen LogP contribution in [0, 0.1) is 0 Å². The zero-order chi connectivity index (χ0) is 25.9. The van der Waals surface area contributed by atoms with Crippen LogP contribution in [0.1, 0.15) is 41.6 Å². The van der Waals surface area contributed by atoms with Crippen LogP contribution in [0.15, 0.2) is 55.0 Å². The van der Waals surface area contributed by atoms with Crippen LogP contribution < -0.4 is 15.4 Å². The van der Waals surface area contributed by atoms with Crippen LogP contribution in [0.4, 0.5) is 10.6 Å². The summed E-state index contributed by atoms with van der Waals surface area (Å²) in [5.74, 6) is 1.24. The van der Waals surface area contributed by atoms with Crippen LogP contribution in [0.5, 0.6) is 5.75 Å². The van der Waals surface area contributed by atoms with E-state index >= 15 is 0 Å². The van der Waals surface area contributed by atoms with Gasteiger partial charge in [-0.2, -0.15) is 0 Å². The Morgan fingerprint density at radius 3 is 2.49 bits per heavy atom. The number of nitrogens with one attached hydrogen (secondary N) is 3. The molecule has 0 atom stereocenters. The average Bonchev–Trinajstić information content (AvgIpc) is 3.33. The summed E-state index contributed by atoms with van der Waals surface area (Å²) in [5, 5.41) is 16.1. The van der Waals surface area contributed by atoms with E-state index in [4.69, 9.17) is 21.4 Å². The molecule has 1 aliphatic rings. The number of hydrogen-bond acceptors (Lipinski definition) is 6. The zero-order valence-electron chi connectivity index (χ0n) is 20.1. The first-order chi connectivity index (χ1) is 17.9. The van der Waals surface area contributed by atoms with Gasteiger partial charge in [0.15, 0.2) is 5.78 Å². The van der Waals surface area contributed by atoms with Gasteiger partial charge in [-0.15, -0.1) is 0 Å². The number of carbonyl (C=O) groups excluding carboxylic acids is 1. The summed E-state index contributed by atoms with van der Waals surface area (Å²) in [5.41, 5.74) is 3.19. The molecule has 0 spiro atoms. The molecule has 37 heavy (non-hydrogen) atoms. The maximum Gasteiger partial charge on any atom is 0.404 e. The maximum absolute atomic E-state index is 13.2. The third-order valence-corrected chi connectivity index (χ3v) is 7.00. The molecule has 1 amide bonds. The van der Waals surface area contributed by atoms with Crippen molar-refractivity contribution in [2.75, 3.05) is 12.4 Å². The van der Waals surface area contributed by atoms with Gasteiger partial charge in [-0.25, -0.2) is 14.8 Å². The lowest BCUT2D eigenvalue weighted by Crippen LogP contribution is -2.39. The highest BCUT2D eigenvalue weighted by Crippen LogP contribution is 2.33. The summed E-state index contributed by atoms with van der Waals surface area (Å²) < 4.78 is 5.19. The Kier molecular flexibility index (Phi) is 6.96. The van der Waals surface area contributed by atoms with E-state index < -0.39 is 6.09 Å². The number of carbonyl (C=O) groups is 2. The predicted octanol–water partition coefficient (Wildman–Crippen LogP) is 5.51. The Bertz CT molecular complexity index is 1450. The van der Waals surface area contributed by atoms with Crippen LogP contribution in [0.25, 0.3) is 22.2 Å². The second-order valence-corrected chi connectivity index (χ2v) is 9.48. The van der Waals surface area contributed by atoms with Gasteiger partial charge < -0.3 is 25.5 Å². The molecule has 0 radical (unpaired) electrons. The molecule has 190 valence electrons. The number of aromatic amines is 1. The summed E-state index contributed by atoms with van der Waals surface area (Å²) in [6.07, 6.45) is 7.20. The van der Waals surface area contributed by atoms with Gasteiger partial charge in [0.25, 0.3) is 0 Å². The Morgan fingerprint density at radius 1 is 1.05 bits per heavy atom. The number of nitrogens with zero attached hydrogens (tertiary/aromatic N) is 2. The average molecular weight is 520 g/mol. The number of halogens is 1. The number of benzene rings is 1. The number of anilines is 1. The molecule has 1 aliphatic carbocycles. The number of ether oxygens (including phenoxy) is 1. The minimum atomic E-state index is -0.984. The fraction of sp³-hybridized carbons (Fsp3) is 0.259. The molecule has 4 N–H and O–H groups in total. The molecule has 1 fully saturated rings. The Hall–Kier alpha value is -4.11. The van der Waals surface area contributed by atoms with Crippen molar-refractivity contribution < 1.29 is 19.4 Å². The van der Waals surface area contributed by atoms with Gasteiger partial charge in [0.1, 0.15) is 17.2 Å². The topological polar surface area (TPSA) is 129 Å². The van der Waals surface area contributed by atoms with Crippen molar-refractivity contribution in [1.82, 2.24) is 20.3 Å². The highest BCUT2D eigenvalue weighted by atomic mass is 35.5. The summed E-state index contributed by atoms with van der Waals surface area (Å²) in [4.78, 5) is 36.1. The molecule has 3 aromatic heterocycles. The van der Waals surface area contributed by atoms with E-state index in [1.165, 1.54) is 0 Å². The first kappa shape index (κ1) is 24.6. The lowest BCUT2D eigenvalue weighted by atomic mass is 9.91. The monoisotopic (exact) mass is 519 g/mol. The predicted molar refractivity (Wildman–Crippen MR) is 142 cm³/mol. The Morgan fingerprint density at radius 2 is 1.78 bits per heavy atom. The molecule has 5 rings (SSSR count). The van der Waals surface area contributed by atoms with E-state index in [0.717, 1.165) is 36.8 Å². The van der Waals surface area contributed by atoms with Crippen molar-refractivity contribution in [3.63, 3.8) is 0 Å².